The fourth-order valence-corrected chi connectivity index (χ4v) is 1.64. The van der Waals surface area contributed by atoms with Gasteiger partial charge in [0.25, 0.3) is 0 Å². The summed E-state index contributed by atoms with van der Waals surface area (Å²) in [6.07, 6.45) is 1.41. The van der Waals surface area contributed by atoms with Gasteiger partial charge in [0.15, 0.2) is 0 Å². The molecule has 0 bridgehead atoms. The fraction of sp³-hybridized carbons (Fsp3) is 0.692. The van der Waals surface area contributed by atoms with Gasteiger partial charge in [-0.3, -0.25) is 0 Å². The van der Waals surface area contributed by atoms with E-state index in [1.165, 1.54) is 0 Å². The third-order valence-electron chi connectivity index (χ3n) is 2.47. The second kappa shape index (κ2) is 6.34. The van der Waals surface area contributed by atoms with E-state index < -0.39 is 0 Å². The number of anilines is 1. The third-order valence-corrected chi connectivity index (χ3v) is 2.66. The minimum Gasteiger partial charge on any atom is -0.393 e. The van der Waals surface area contributed by atoms with Crippen LogP contribution in [-0.4, -0.2) is 27.7 Å². The van der Waals surface area contributed by atoms with Gasteiger partial charge in [-0.25, -0.2) is 9.97 Å². The van der Waals surface area contributed by atoms with Crippen molar-refractivity contribution in [3.8, 4) is 0 Å². The Hall–Kier alpha value is -0.870. The summed E-state index contributed by atoms with van der Waals surface area (Å²) in [7, 11) is 0. The highest BCUT2D eigenvalue weighted by Crippen LogP contribution is 2.22. The number of nitrogens with zero attached hydrogens (tertiary/aromatic N) is 2. The van der Waals surface area contributed by atoms with Gasteiger partial charge >= 0.3 is 0 Å². The van der Waals surface area contributed by atoms with Crippen molar-refractivity contribution >= 4 is 17.4 Å². The van der Waals surface area contributed by atoms with E-state index in [1.807, 2.05) is 0 Å². The van der Waals surface area contributed by atoms with Gasteiger partial charge in [0.05, 0.1) is 6.10 Å². The van der Waals surface area contributed by atoms with E-state index in [-0.39, 0.29) is 11.5 Å². The van der Waals surface area contributed by atoms with E-state index >= 15 is 0 Å². The fourth-order valence-electron chi connectivity index (χ4n) is 1.46. The van der Waals surface area contributed by atoms with Crippen LogP contribution in [0.3, 0.4) is 0 Å². The average Bonchev–Trinajstić information content (AvgIpc) is 2.22. The van der Waals surface area contributed by atoms with E-state index in [1.54, 1.807) is 13.0 Å². The molecular formula is C13H22ClN3O. The predicted molar refractivity (Wildman–Crippen MR) is 75.1 cm³/mol. The predicted octanol–water partition coefficient (Wildman–Crippen LogP) is 3.00. The molecule has 0 fully saturated rings. The highest BCUT2D eigenvalue weighted by Gasteiger charge is 2.18. The van der Waals surface area contributed by atoms with Gasteiger partial charge in [0.1, 0.15) is 16.8 Å². The van der Waals surface area contributed by atoms with Crippen LogP contribution in [0.15, 0.2) is 6.07 Å². The highest BCUT2D eigenvalue weighted by molar-refractivity contribution is 6.29. The highest BCUT2D eigenvalue weighted by atomic mass is 35.5. The lowest BCUT2D eigenvalue weighted by Crippen LogP contribution is -2.17. The largest absolute Gasteiger partial charge is 0.393 e. The molecule has 0 aliphatic heterocycles. The maximum atomic E-state index is 9.17. The van der Waals surface area contributed by atoms with Crippen LogP contribution in [0.2, 0.25) is 5.15 Å². The van der Waals surface area contributed by atoms with E-state index in [9.17, 15) is 0 Å². The Morgan fingerprint density at radius 1 is 1.39 bits per heavy atom. The molecule has 1 atom stereocenters. The minimum atomic E-state index is -0.258. The standard InChI is InChI=1S/C13H22ClN3O/c1-9(18)6-5-7-15-11-8-10(14)16-12(17-11)13(2,3)4/h8-9,18H,5-7H2,1-4H3,(H,15,16,17). The van der Waals surface area contributed by atoms with Crippen molar-refractivity contribution < 1.29 is 5.11 Å². The van der Waals surface area contributed by atoms with Crippen LogP contribution in [0.5, 0.6) is 0 Å². The second-order valence-corrected chi connectivity index (χ2v) is 5.95. The Morgan fingerprint density at radius 2 is 2.06 bits per heavy atom. The number of halogens is 1. The van der Waals surface area contributed by atoms with Crippen LogP contribution in [0.1, 0.15) is 46.4 Å². The smallest absolute Gasteiger partial charge is 0.137 e. The van der Waals surface area contributed by atoms with Crippen molar-refractivity contribution in [2.24, 2.45) is 0 Å². The molecular weight excluding hydrogens is 250 g/mol. The Morgan fingerprint density at radius 3 is 2.61 bits per heavy atom. The molecule has 0 saturated carbocycles. The minimum absolute atomic E-state index is 0.124. The van der Waals surface area contributed by atoms with Gasteiger partial charge in [-0.05, 0) is 19.8 Å². The van der Waals surface area contributed by atoms with Crippen LogP contribution >= 0.6 is 11.6 Å². The summed E-state index contributed by atoms with van der Waals surface area (Å²) in [5.74, 6) is 1.47. The lowest BCUT2D eigenvalue weighted by atomic mass is 9.96. The molecule has 18 heavy (non-hydrogen) atoms. The molecule has 5 heteroatoms. The van der Waals surface area contributed by atoms with Gasteiger partial charge in [-0.2, -0.15) is 0 Å². The van der Waals surface area contributed by atoms with E-state index in [2.05, 4.69) is 36.1 Å². The van der Waals surface area contributed by atoms with Crippen LogP contribution in [0.25, 0.3) is 0 Å². The zero-order valence-electron chi connectivity index (χ0n) is 11.5. The van der Waals surface area contributed by atoms with Crippen molar-refractivity contribution in [3.05, 3.63) is 17.0 Å². The van der Waals surface area contributed by atoms with E-state index in [0.29, 0.717) is 5.15 Å². The molecule has 1 aromatic heterocycles. The summed E-state index contributed by atoms with van der Waals surface area (Å²) in [6.45, 7) is 8.71. The molecule has 1 rings (SSSR count). The topological polar surface area (TPSA) is 58.0 Å². The van der Waals surface area contributed by atoms with Gasteiger partial charge in [-0.15, -0.1) is 0 Å². The zero-order valence-corrected chi connectivity index (χ0v) is 12.3. The molecule has 1 unspecified atom stereocenters. The van der Waals surface area contributed by atoms with Crippen LogP contribution in [0, 0.1) is 0 Å². The molecule has 0 aliphatic carbocycles. The first-order valence-corrected chi connectivity index (χ1v) is 6.64. The van der Waals surface area contributed by atoms with Crippen molar-refractivity contribution in [3.63, 3.8) is 0 Å². The molecule has 0 radical (unpaired) electrons. The quantitative estimate of drug-likeness (QED) is 0.638. The summed E-state index contributed by atoms with van der Waals surface area (Å²) in [6, 6.07) is 1.72. The van der Waals surface area contributed by atoms with E-state index in [0.717, 1.165) is 31.0 Å². The Labute approximate surface area is 114 Å². The number of aromatic nitrogens is 2. The number of aliphatic hydroxyl groups is 1. The number of rotatable bonds is 5. The molecule has 4 nitrogen and oxygen atoms in total. The molecule has 0 amide bonds. The first-order chi connectivity index (χ1) is 8.29. The third kappa shape index (κ3) is 5.19. The van der Waals surface area contributed by atoms with Crippen molar-refractivity contribution in [2.45, 2.75) is 52.1 Å². The van der Waals surface area contributed by atoms with Gasteiger partial charge in [0, 0.05) is 18.0 Å². The summed E-state index contributed by atoms with van der Waals surface area (Å²) in [4.78, 5) is 8.69. The lowest BCUT2D eigenvalue weighted by molar-refractivity contribution is 0.183. The molecule has 0 aliphatic rings. The summed E-state index contributed by atoms with van der Waals surface area (Å²) < 4.78 is 0. The molecule has 1 aromatic rings. The maximum absolute atomic E-state index is 9.17. The van der Waals surface area contributed by atoms with Crippen LogP contribution < -0.4 is 5.32 Å². The van der Waals surface area contributed by atoms with Crippen molar-refractivity contribution in [2.75, 3.05) is 11.9 Å². The van der Waals surface area contributed by atoms with E-state index in [4.69, 9.17) is 16.7 Å². The molecule has 1 heterocycles. The second-order valence-electron chi connectivity index (χ2n) is 5.57. The summed E-state index contributed by atoms with van der Waals surface area (Å²) in [5, 5.41) is 12.8. The van der Waals surface area contributed by atoms with Crippen molar-refractivity contribution in [1.29, 1.82) is 0 Å². The Balaban J connectivity index is 2.63. The normalized spacial score (nSPS) is 13.4. The Kier molecular flexibility index (Phi) is 5.35. The molecule has 2 N–H and O–H groups in total. The first kappa shape index (κ1) is 15.2. The Bertz CT molecular complexity index is 388. The van der Waals surface area contributed by atoms with Crippen molar-refractivity contribution in [1.82, 2.24) is 9.97 Å². The summed E-state index contributed by atoms with van der Waals surface area (Å²) >= 11 is 5.99. The number of hydrogen-bond acceptors (Lipinski definition) is 4. The number of hydrogen-bond donors (Lipinski definition) is 2. The van der Waals surface area contributed by atoms with Gasteiger partial charge in [-0.1, -0.05) is 32.4 Å². The molecule has 0 saturated heterocycles. The zero-order chi connectivity index (χ0) is 13.8. The lowest BCUT2D eigenvalue weighted by Gasteiger charge is -2.17. The SMILES string of the molecule is CC(O)CCCNc1cc(Cl)nc(C(C)(C)C)n1. The van der Waals surface area contributed by atoms with Gasteiger partial charge < -0.3 is 10.4 Å². The molecule has 102 valence electrons. The number of aliphatic hydroxyl groups excluding tert-OH is 1. The van der Waals surface area contributed by atoms with Gasteiger partial charge in [0.2, 0.25) is 0 Å². The summed E-state index contributed by atoms with van der Waals surface area (Å²) in [5.41, 5.74) is -0.124. The average molecular weight is 272 g/mol. The molecule has 0 aromatic carbocycles. The maximum Gasteiger partial charge on any atom is 0.137 e. The van der Waals surface area contributed by atoms with Crippen LogP contribution in [0.4, 0.5) is 5.82 Å². The monoisotopic (exact) mass is 271 g/mol. The number of nitrogens with one attached hydrogen (secondary N) is 1. The molecule has 0 spiro atoms. The first-order valence-electron chi connectivity index (χ1n) is 6.26. The van der Waals surface area contributed by atoms with Crippen LogP contribution in [-0.2, 0) is 5.41 Å².